The minimum absolute atomic E-state index is 0.204. The van der Waals surface area contributed by atoms with Gasteiger partial charge in [-0.3, -0.25) is 0 Å². The smallest absolute Gasteiger partial charge is 0.416 e. The molecule has 4 nitrogen and oxygen atoms in total. The summed E-state index contributed by atoms with van der Waals surface area (Å²) in [6.45, 7) is 2.54. The molecule has 0 amide bonds. The fraction of sp³-hybridized carbons (Fsp3) is 0.333. The third kappa shape index (κ3) is 5.86. The standard InChI is InChI=1S/C18H18F3NO3/c1-2-25-17(23)16-5-3-4-15(22-16)10-11-24-12-13-6-8-14(9-7-13)18(19,20)21/h3-9H,2,10-12H2,1H3. The average molecular weight is 353 g/mol. The van der Waals surface area contributed by atoms with Gasteiger partial charge in [0, 0.05) is 12.1 Å². The number of hydrogen-bond acceptors (Lipinski definition) is 4. The van der Waals surface area contributed by atoms with Crippen molar-refractivity contribution >= 4 is 5.97 Å². The minimum atomic E-state index is -4.34. The number of aromatic nitrogens is 1. The second-order valence-corrected chi connectivity index (χ2v) is 5.23. The summed E-state index contributed by atoms with van der Waals surface area (Å²) < 4.78 is 47.8. The zero-order chi connectivity index (χ0) is 18.3. The summed E-state index contributed by atoms with van der Waals surface area (Å²) >= 11 is 0. The van der Waals surface area contributed by atoms with E-state index in [1.807, 2.05) is 0 Å². The first-order chi connectivity index (χ1) is 11.9. The van der Waals surface area contributed by atoms with Crippen molar-refractivity contribution in [2.24, 2.45) is 0 Å². The molecule has 1 heterocycles. The molecule has 0 aliphatic carbocycles. The molecule has 0 saturated carbocycles. The maximum atomic E-state index is 12.5. The van der Waals surface area contributed by atoms with Crippen molar-refractivity contribution in [2.45, 2.75) is 26.1 Å². The number of ether oxygens (including phenoxy) is 2. The zero-order valence-electron chi connectivity index (χ0n) is 13.7. The van der Waals surface area contributed by atoms with Crippen molar-refractivity contribution in [1.29, 1.82) is 0 Å². The quantitative estimate of drug-likeness (QED) is 0.557. The van der Waals surface area contributed by atoms with Gasteiger partial charge in [-0.05, 0) is 36.8 Å². The van der Waals surface area contributed by atoms with E-state index in [1.54, 1.807) is 25.1 Å². The van der Waals surface area contributed by atoms with Gasteiger partial charge < -0.3 is 9.47 Å². The molecule has 0 unspecified atom stereocenters. The fourth-order valence-electron chi connectivity index (χ4n) is 2.09. The molecule has 1 aromatic carbocycles. The highest BCUT2D eigenvalue weighted by molar-refractivity contribution is 5.87. The van der Waals surface area contributed by atoms with Crippen LogP contribution in [-0.4, -0.2) is 24.2 Å². The van der Waals surface area contributed by atoms with Crippen LogP contribution >= 0.6 is 0 Å². The van der Waals surface area contributed by atoms with Crippen molar-refractivity contribution in [3.05, 3.63) is 65.0 Å². The molecule has 2 aromatic rings. The maximum Gasteiger partial charge on any atom is 0.416 e. The van der Waals surface area contributed by atoms with E-state index in [0.717, 1.165) is 12.1 Å². The van der Waals surface area contributed by atoms with Crippen LogP contribution in [0.25, 0.3) is 0 Å². The Balaban J connectivity index is 1.81. The van der Waals surface area contributed by atoms with Crippen LogP contribution in [0.5, 0.6) is 0 Å². The van der Waals surface area contributed by atoms with Gasteiger partial charge in [0.05, 0.1) is 25.4 Å². The Labute approximate surface area is 143 Å². The molecule has 0 N–H and O–H groups in total. The highest BCUT2D eigenvalue weighted by atomic mass is 19.4. The number of rotatable bonds is 7. The lowest BCUT2D eigenvalue weighted by atomic mass is 10.1. The van der Waals surface area contributed by atoms with Gasteiger partial charge in [0.2, 0.25) is 0 Å². The highest BCUT2D eigenvalue weighted by Crippen LogP contribution is 2.29. The van der Waals surface area contributed by atoms with E-state index in [4.69, 9.17) is 9.47 Å². The van der Waals surface area contributed by atoms with E-state index in [0.29, 0.717) is 24.3 Å². The van der Waals surface area contributed by atoms with Crippen LogP contribution in [0.1, 0.15) is 34.2 Å². The number of esters is 1. The van der Waals surface area contributed by atoms with Crippen LogP contribution in [0, 0.1) is 0 Å². The summed E-state index contributed by atoms with van der Waals surface area (Å²) in [4.78, 5) is 15.8. The van der Waals surface area contributed by atoms with Crippen LogP contribution in [0.15, 0.2) is 42.5 Å². The molecule has 7 heteroatoms. The number of alkyl halides is 3. The Kier molecular flexibility index (Phi) is 6.52. The van der Waals surface area contributed by atoms with E-state index in [2.05, 4.69) is 4.98 Å². The lowest BCUT2D eigenvalue weighted by Gasteiger charge is -2.08. The first-order valence-corrected chi connectivity index (χ1v) is 7.77. The van der Waals surface area contributed by atoms with Crippen molar-refractivity contribution in [2.75, 3.05) is 13.2 Å². The number of nitrogens with zero attached hydrogens (tertiary/aromatic N) is 1. The highest BCUT2D eigenvalue weighted by Gasteiger charge is 2.29. The number of carbonyl (C=O) groups is 1. The molecule has 134 valence electrons. The topological polar surface area (TPSA) is 48.4 Å². The third-order valence-corrected chi connectivity index (χ3v) is 3.34. The molecule has 0 aliphatic rings. The molecule has 0 radical (unpaired) electrons. The molecule has 0 spiro atoms. The van der Waals surface area contributed by atoms with Crippen molar-refractivity contribution in [3.8, 4) is 0 Å². The van der Waals surface area contributed by atoms with E-state index in [-0.39, 0.29) is 18.9 Å². The third-order valence-electron chi connectivity index (χ3n) is 3.34. The van der Waals surface area contributed by atoms with Gasteiger partial charge in [0.15, 0.2) is 0 Å². The van der Waals surface area contributed by atoms with Crippen LogP contribution in [0.2, 0.25) is 0 Å². The van der Waals surface area contributed by atoms with Gasteiger partial charge in [-0.2, -0.15) is 13.2 Å². The first kappa shape index (κ1) is 18.9. The number of benzene rings is 1. The van der Waals surface area contributed by atoms with Crippen molar-refractivity contribution in [1.82, 2.24) is 4.98 Å². The van der Waals surface area contributed by atoms with Crippen LogP contribution < -0.4 is 0 Å². The predicted octanol–water partition coefficient (Wildman–Crippen LogP) is 4.04. The Morgan fingerprint density at radius 3 is 2.48 bits per heavy atom. The van der Waals surface area contributed by atoms with E-state index >= 15 is 0 Å². The van der Waals surface area contributed by atoms with E-state index < -0.39 is 17.7 Å². The number of halogens is 3. The van der Waals surface area contributed by atoms with E-state index in [1.165, 1.54) is 12.1 Å². The molecule has 0 fully saturated rings. The average Bonchev–Trinajstić information content (AvgIpc) is 2.59. The molecule has 0 atom stereocenters. The minimum Gasteiger partial charge on any atom is -0.461 e. The van der Waals surface area contributed by atoms with Gasteiger partial charge in [-0.1, -0.05) is 18.2 Å². The molecule has 0 saturated heterocycles. The number of hydrogen-bond donors (Lipinski definition) is 0. The summed E-state index contributed by atoms with van der Waals surface area (Å²) in [7, 11) is 0. The van der Waals surface area contributed by atoms with Gasteiger partial charge in [0.1, 0.15) is 5.69 Å². The van der Waals surface area contributed by atoms with Crippen molar-refractivity contribution in [3.63, 3.8) is 0 Å². The first-order valence-electron chi connectivity index (χ1n) is 7.77. The second kappa shape index (κ2) is 8.62. The molecule has 1 aromatic heterocycles. The predicted molar refractivity (Wildman–Crippen MR) is 85.0 cm³/mol. The molecule has 25 heavy (non-hydrogen) atoms. The van der Waals surface area contributed by atoms with Gasteiger partial charge >= 0.3 is 12.1 Å². The molecule has 0 aliphatic heterocycles. The summed E-state index contributed by atoms with van der Waals surface area (Å²) in [6.07, 6.45) is -3.86. The maximum absolute atomic E-state index is 12.5. The van der Waals surface area contributed by atoms with E-state index in [9.17, 15) is 18.0 Å². The lowest BCUT2D eigenvalue weighted by Crippen LogP contribution is -2.09. The SMILES string of the molecule is CCOC(=O)c1cccc(CCOCc2ccc(C(F)(F)F)cc2)n1. The fourth-order valence-corrected chi connectivity index (χ4v) is 2.09. The Bertz CT molecular complexity index is 699. The molecule has 2 rings (SSSR count). The second-order valence-electron chi connectivity index (χ2n) is 5.23. The molecule has 0 bridgehead atoms. The molecular weight excluding hydrogens is 335 g/mol. The summed E-state index contributed by atoms with van der Waals surface area (Å²) in [5.74, 6) is -0.477. The largest absolute Gasteiger partial charge is 0.461 e. The number of pyridine rings is 1. The zero-order valence-corrected chi connectivity index (χ0v) is 13.7. The lowest BCUT2D eigenvalue weighted by molar-refractivity contribution is -0.137. The van der Waals surface area contributed by atoms with Crippen LogP contribution in [-0.2, 0) is 28.7 Å². The summed E-state index contributed by atoms with van der Waals surface area (Å²) in [5.41, 5.74) is 0.887. The number of carbonyl (C=O) groups excluding carboxylic acids is 1. The van der Waals surface area contributed by atoms with Crippen LogP contribution in [0.3, 0.4) is 0 Å². The van der Waals surface area contributed by atoms with Gasteiger partial charge in [0.25, 0.3) is 0 Å². The molecular formula is C18H18F3NO3. The Morgan fingerprint density at radius 1 is 1.12 bits per heavy atom. The normalized spacial score (nSPS) is 11.4. The summed E-state index contributed by atoms with van der Waals surface area (Å²) in [6, 6.07) is 9.90. The van der Waals surface area contributed by atoms with Gasteiger partial charge in [-0.25, -0.2) is 9.78 Å². The van der Waals surface area contributed by atoms with Gasteiger partial charge in [-0.15, -0.1) is 0 Å². The van der Waals surface area contributed by atoms with Crippen molar-refractivity contribution < 1.29 is 27.4 Å². The van der Waals surface area contributed by atoms with Crippen LogP contribution in [0.4, 0.5) is 13.2 Å². The monoisotopic (exact) mass is 353 g/mol. The Morgan fingerprint density at radius 2 is 1.84 bits per heavy atom. The summed E-state index contributed by atoms with van der Waals surface area (Å²) in [5, 5.41) is 0. The Hall–Kier alpha value is -2.41.